The number of carbonyl (C=O) groups excluding carboxylic acids is 2. The molecule has 1 atom stereocenters. The van der Waals surface area contributed by atoms with Crippen LogP contribution in [0.5, 0.6) is 5.75 Å². The summed E-state index contributed by atoms with van der Waals surface area (Å²) in [5.74, 6) is -0.503. The van der Waals surface area contributed by atoms with E-state index in [4.69, 9.17) is 4.74 Å². The van der Waals surface area contributed by atoms with E-state index in [1.165, 1.54) is 16.4 Å². The molecule has 1 unspecified atom stereocenters. The second kappa shape index (κ2) is 9.73. The van der Waals surface area contributed by atoms with E-state index < -0.39 is 27.9 Å². The molecule has 1 saturated heterocycles. The van der Waals surface area contributed by atoms with Gasteiger partial charge in [0, 0.05) is 6.54 Å². The van der Waals surface area contributed by atoms with Crippen LogP contribution in [0.4, 0.5) is 0 Å². The van der Waals surface area contributed by atoms with Crippen molar-refractivity contribution in [3.05, 3.63) is 60.2 Å². The summed E-state index contributed by atoms with van der Waals surface area (Å²) in [5.41, 5.74) is 5.59. The van der Waals surface area contributed by atoms with E-state index in [1.54, 1.807) is 24.3 Å². The lowest BCUT2D eigenvalue weighted by Crippen LogP contribution is -2.52. The van der Waals surface area contributed by atoms with Gasteiger partial charge in [0.05, 0.1) is 4.90 Å². The van der Waals surface area contributed by atoms with Crippen molar-refractivity contribution < 1.29 is 22.7 Å². The normalized spacial score (nSPS) is 16.8. The number of nitrogens with zero attached hydrogens (tertiary/aromatic N) is 1. The molecule has 160 valence electrons. The predicted octanol–water partition coefficient (Wildman–Crippen LogP) is 1.63. The monoisotopic (exact) mass is 431 g/mol. The summed E-state index contributed by atoms with van der Waals surface area (Å²) in [7, 11) is -3.79. The smallest absolute Gasteiger partial charge is 0.276 e. The highest BCUT2D eigenvalue weighted by molar-refractivity contribution is 7.89. The maximum atomic E-state index is 12.8. The Morgan fingerprint density at radius 3 is 2.50 bits per heavy atom. The first-order chi connectivity index (χ1) is 14.4. The number of rotatable bonds is 7. The minimum atomic E-state index is -3.79. The molecule has 1 aliphatic rings. The van der Waals surface area contributed by atoms with E-state index in [0.29, 0.717) is 18.6 Å². The van der Waals surface area contributed by atoms with Gasteiger partial charge in [-0.25, -0.2) is 8.42 Å². The van der Waals surface area contributed by atoms with Gasteiger partial charge in [-0.15, -0.1) is 0 Å². The number of nitrogens with one attached hydrogen (secondary N) is 2. The van der Waals surface area contributed by atoms with Crippen LogP contribution in [0.2, 0.25) is 0 Å². The van der Waals surface area contributed by atoms with Gasteiger partial charge in [0.1, 0.15) is 11.8 Å². The fraction of sp³-hybridized carbons (Fsp3) is 0.333. The number of hydrazine groups is 1. The summed E-state index contributed by atoms with van der Waals surface area (Å²) >= 11 is 0. The quantitative estimate of drug-likeness (QED) is 0.649. The number of amides is 2. The van der Waals surface area contributed by atoms with Crippen LogP contribution in [0.15, 0.2) is 59.5 Å². The zero-order chi connectivity index (χ0) is 21.6. The number of hydrogen-bond donors (Lipinski definition) is 2. The van der Waals surface area contributed by atoms with E-state index in [-0.39, 0.29) is 18.0 Å². The molecule has 2 N–H and O–H groups in total. The third-order valence-corrected chi connectivity index (χ3v) is 6.82. The average Bonchev–Trinajstić information content (AvgIpc) is 3.28. The molecule has 2 aromatic rings. The molecule has 0 spiro atoms. The second-order valence-corrected chi connectivity index (χ2v) is 8.76. The molecule has 0 radical (unpaired) electrons. The van der Waals surface area contributed by atoms with Gasteiger partial charge in [-0.05, 0) is 43.0 Å². The number of sulfonamides is 1. The summed E-state index contributed by atoms with van der Waals surface area (Å²) in [6, 6.07) is 14.5. The Morgan fingerprint density at radius 1 is 1.07 bits per heavy atom. The zero-order valence-electron chi connectivity index (χ0n) is 16.7. The SMILES string of the molecule is CCc1ccccc1OCC(=O)NNC(=O)C1CCCN1S(=O)(=O)c1ccccc1. The molecule has 1 aliphatic heterocycles. The van der Waals surface area contributed by atoms with Crippen LogP contribution < -0.4 is 15.6 Å². The highest BCUT2D eigenvalue weighted by Crippen LogP contribution is 2.26. The van der Waals surface area contributed by atoms with Crippen LogP contribution in [0.3, 0.4) is 0 Å². The first-order valence-corrected chi connectivity index (χ1v) is 11.2. The fourth-order valence-corrected chi connectivity index (χ4v) is 5.03. The molecule has 1 fully saturated rings. The lowest BCUT2D eigenvalue weighted by molar-refractivity contribution is -0.131. The molecule has 3 rings (SSSR count). The van der Waals surface area contributed by atoms with Crippen molar-refractivity contribution >= 4 is 21.8 Å². The first-order valence-electron chi connectivity index (χ1n) is 9.79. The molecule has 0 bridgehead atoms. The van der Waals surface area contributed by atoms with Crippen molar-refractivity contribution in [2.24, 2.45) is 0 Å². The Balaban J connectivity index is 1.55. The third kappa shape index (κ3) is 4.98. The molecule has 0 aromatic heterocycles. The lowest BCUT2D eigenvalue weighted by Gasteiger charge is -2.23. The number of benzene rings is 2. The van der Waals surface area contributed by atoms with Crippen LogP contribution in [-0.4, -0.2) is 43.7 Å². The molecule has 2 amide bonds. The van der Waals surface area contributed by atoms with Crippen molar-refractivity contribution in [1.82, 2.24) is 15.2 Å². The molecule has 30 heavy (non-hydrogen) atoms. The number of hydrogen-bond acceptors (Lipinski definition) is 5. The van der Waals surface area contributed by atoms with E-state index in [1.807, 2.05) is 25.1 Å². The maximum absolute atomic E-state index is 12.8. The average molecular weight is 432 g/mol. The Labute approximate surface area is 176 Å². The standard InChI is InChI=1S/C21H25N3O5S/c1-2-16-9-6-7-13-19(16)29-15-20(25)22-23-21(26)18-12-8-14-24(18)30(27,28)17-10-4-3-5-11-17/h3-7,9-11,13,18H,2,8,12,14-15H2,1H3,(H,22,25)(H,23,26). The van der Waals surface area contributed by atoms with Gasteiger partial charge in [0.2, 0.25) is 10.0 Å². The molecule has 1 heterocycles. The van der Waals surface area contributed by atoms with Crippen LogP contribution >= 0.6 is 0 Å². The second-order valence-electron chi connectivity index (χ2n) is 6.87. The Bertz CT molecular complexity index is 995. The number of ether oxygens (including phenoxy) is 1. The largest absolute Gasteiger partial charge is 0.483 e. The van der Waals surface area contributed by atoms with Crippen LogP contribution in [-0.2, 0) is 26.0 Å². The highest BCUT2D eigenvalue weighted by atomic mass is 32.2. The molecular formula is C21H25N3O5S. The van der Waals surface area contributed by atoms with Crippen molar-refractivity contribution in [2.45, 2.75) is 37.1 Å². The van der Waals surface area contributed by atoms with Crippen LogP contribution in [0, 0.1) is 0 Å². The van der Waals surface area contributed by atoms with Crippen molar-refractivity contribution in [2.75, 3.05) is 13.2 Å². The first kappa shape index (κ1) is 21.8. The number of carbonyl (C=O) groups is 2. The fourth-order valence-electron chi connectivity index (χ4n) is 3.35. The molecule has 0 saturated carbocycles. The van der Waals surface area contributed by atoms with Gasteiger partial charge < -0.3 is 4.74 Å². The van der Waals surface area contributed by atoms with E-state index >= 15 is 0 Å². The predicted molar refractivity (Wildman–Crippen MR) is 111 cm³/mol. The van der Waals surface area contributed by atoms with Gasteiger partial charge in [0.25, 0.3) is 11.8 Å². The van der Waals surface area contributed by atoms with Gasteiger partial charge in [0.15, 0.2) is 6.61 Å². The van der Waals surface area contributed by atoms with Crippen molar-refractivity contribution in [3.63, 3.8) is 0 Å². The summed E-state index contributed by atoms with van der Waals surface area (Å²) in [5, 5.41) is 0. The Morgan fingerprint density at radius 2 is 1.77 bits per heavy atom. The van der Waals surface area contributed by atoms with Crippen molar-refractivity contribution in [3.8, 4) is 5.75 Å². The van der Waals surface area contributed by atoms with E-state index in [2.05, 4.69) is 10.9 Å². The molecular weight excluding hydrogens is 406 g/mol. The van der Waals surface area contributed by atoms with Gasteiger partial charge in [-0.1, -0.05) is 43.3 Å². The van der Waals surface area contributed by atoms with Gasteiger partial charge >= 0.3 is 0 Å². The molecule has 8 nitrogen and oxygen atoms in total. The summed E-state index contributed by atoms with van der Waals surface area (Å²) in [4.78, 5) is 24.7. The summed E-state index contributed by atoms with van der Waals surface area (Å²) in [6.07, 6.45) is 1.71. The van der Waals surface area contributed by atoms with E-state index in [0.717, 1.165) is 12.0 Å². The summed E-state index contributed by atoms with van der Waals surface area (Å²) in [6.45, 7) is 1.97. The highest BCUT2D eigenvalue weighted by Gasteiger charge is 2.39. The van der Waals surface area contributed by atoms with Crippen LogP contribution in [0.1, 0.15) is 25.3 Å². The molecule has 9 heteroatoms. The lowest BCUT2D eigenvalue weighted by atomic mass is 10.1. The topological polar surface area (TPSA) is 105 Å². The van der Waals surface area contributed by atoms with Crippen molar-refractivity contribution in [1.29, 1.82) is 0 Å². The maximum Gasteiger partial charge on any atom is 0.276 e. The Kier molecular flexibility index (Phi) is 7.07. The summed E-state index contributed by atoms with van der Waals surface area (Å²) < 4.78 is 32.4. The van der Waals surface area contributed by atoms with Gasteiger partial charge in [-0.3, -0.25) is 20.4 Å². The van der Waals surface area contributed by atoms with E-state index in [9.17, 15) is 18.0 Å². The molecule has 0 aliphatic carbocycles. The number of para-hydroxylation sites is 1. The number of aryl methyl sites for hydroxylation is 1. The minimum Gasteiger partial charge on any atom is -0.483 e. The third-order valence-electron chi connectivity index (χ3n) is 4.89. The Hall–Kier alpha value is -2.91. The van der Waals surface area contributed by atoms with Gasteiger partial charge in [-0.2, -0.15) is 4.31 Å². The molecule has 2 aromatic carbocycles. The minimum absolute atomic E-state index is 0.136. The zero-order valence-corrected chi connectivity index (χ0v) is 17.5. The van der Waals surface area contributed by atoms with Crippen LogP contribution in [0.25, 0.3) is 0 Å².